The molecule has 33 heavy (non-hydrogen) atoms. The molecule has 3 nitrogen and oxygen atoms in total. The second-order valence-electron chi connectivity index (χ2n) is 7.36. The van der Waals surface area contributed by atoms with Gasteiger partial charge in [-0.05, 0) is 43.3 Å². The predicted molar refractivity (Wildman–Crippen MR) is 139 cm³/mol. The van der Waals surface area contributed by atoms with Gasteiger partial charge in [-0.25, -0.2) is 0 Å². The fourth-order valence-corrected chi connectivity index (χ4v) is 8.00. The van der Waals surface area contributed by atoms with Gasteiger partial charge in [0.1, 0.15) is 28.5 Å². The van der Waals surface area contributed by atoms with Crippen LogP contribution in [0.1, 0.15) is 6.92 Å². The lowest BCUT2D eigenvalue weighted by Gasteiger charge is -2.32. The van der Waals surface area contributed by atoms with Crippen molar-refractivity contribution in [3.8, 4) is 0 Å². The highest BCUT2D eigenvalue weighted by molar-refractivity contribution is 7.99. The van der Waals surface area contributed by atoms with Gasteiger partial charge < -0.3 is 14.8 Å². The van der Waals surface area contributed by atoms with Crippen molar-refractivity contribution < 1.29 is 9.53 Å². The van der Waals surface area contributed by atoms with Crippen LogP contribution in [-0.4, -0.2) is 12.6 Å². The van der Waals surface area contributed by atoms with Crippen molar-refractivity contribution in [3.63, 3.8) is 0 Å². The molecular formula is C29H26NO2P. The predicted octanol–water partition coefficient (Wildman–Crippen LogP) is 5.30. The first kappa shape index (κ1) is 22.5. The number of nitrogens with one attached hydrogen (secondary N) is 1. The van der Waals surface area contributed by atoms with Gasteiger partial charge in [0.15, 0.2) is 0 Å². The highest BCUT2D eigenvalue weighted by Crippen LogP contribution is 2.62. The molecule has 0 aliphatic heterocycles. The fourth-order valence-electron chi connectivity index (χ4n) is 3.91. The topological polar surface area (TPSA) is 38.3 Å². The van der Waals surface area contributed by atoms with Crippen LogP contribution in [0.4, 0.5) is 5.69 Å². The number of para-hydroxylation sites is 1. The van der Waals surface area contributed by atoms with Crippen molar-refractivity contribution in [1.29, 1.82) is 0 Å². The molecule has 4 aromatic rings. The summed E-state index contributed by atoms with van der Waals surface area (Å²) in [6.07, 6.45) is 3.30. The number of hydrogen-bond donors (Lipinski definition) is 1. The summed E-state index contributed by atoms with van der Waals surface area (Å²) in [5.74, 6) is -0.370. The standard InChI is InChI=1S/C29H26NO2P/c1-2-32-29(31)28(23-30-24-15-7-3-8-16-24)33(25-17-9-4-10-18-25,26-19-11-5-12-20-26)27-21-13-6-14-22-27/h3-22,30H,2H2,1H3. The Hall–Kier alpha value is -3.68. The number of rotatable bonds is 8. The van der Waals surface area contributed by atoms with Crippen molar-refractivity contribution in [2.24, 2.45) is 0 Å². The van der Waals surface area contributed by atoms with Crippen molar-refractivity contribution in [1.82, 2.24) is 0 Å². The minimum absolute atomic E-state index is 0.285. The molecule has 0 fully saturated rings. The second kappa shape index (κ2) is 10.8. The van der Waals surface area contributed by atoms with Crippen LogP contribution in [0.5, 0.6) is 0 Å². The van der Waals surface area contributed by atoms with Crippen LogP contribution in [0.15, 0.2) is 127 Å². The minimum atomic E-state index is -2.62. The molecule has 0 saturated carbocycles. The summed E-state index contributed by atoms with van der Waals surface area (Å²) in [5, 5.41) is 6.92. The number of esters is 1. The van der Waals surface area contributed by atoms with Crippen LogP contribution < -0.4 is 21.2 Å². The lowest BCUT2D eigenvalue weighted by molar-refractivity contribution is -0.137. The van der Waals surface area contributed by atoms with Gasteiger partial charge in [0.05, 0.1) is 6.61 Å². The Morgan fingerprint density at radius 1 is 0.697 bits per heavy atom. The summed E-state index contributed by atoms with van der Waals surface area (Å²) >= 11 is 0. The highest BCUT2D eigenvalue weighted by Gasteiger charge is 2.49. The molecule has 0 unspecified atom stereocenters. The van der Waals surface area contributed by atoms with Crippen molar-refractivity contribution in [2.75, 3.05) is 11.9 Å². The van der Waals surface area contributed by atoms with Gasteiger partial charge in [0, 0.05) is 0 Å². The molecule has 0 amide bonds. The second-order valence-corrected chi connectivity index (χ2v) is 10.7. The van der Waals surface area contributed by atoms with E-state index in [1.165, 1.54) is 0 Å². The molecule has 4 rings (SSSR count). The lowest BCUT2D eigenvalue weighted by atomic mass is 10.3. The van der Waals surface area contributed by atoms with Crippen LogP contribution >= 0.6 is 7.26 Å². The molecule has 0 spiro atoms. The lowest BCUT2D eigenvalue weighted by Crippen LogP contribution is -2.35. The van der Waals surface area contributed by atoms with Crippen molar-refractivity contribution in [3.05, 3.63) is 133 Å². The Kier molecular flexibility index (Phi) is 7.34. The highest BCUT2D eigenvalue weighted by atomic mass is 31.2. The van der Waals surface area contributed by atoms with Crippen LogP contribution in [0.3, 0.4) is 0 Å². The van der Waals surface area contributed by atoms with E-state index < -0.39 is 7.26 Å². The molecule has 164 valence electrons. The number of ether oxygens (including phenoxy) is 1. The fraction of sp³-hybridized carbons (Fsp3) is 0.0690. The molecule has 0 heterocycles. The molecule has 0 bridgehead atoms. The van der Waals surface area contributed by atoms with E-state index in [-0.39, 0.29) is 12.6 Å². The Labute approximate surface area is 196 Å². The van der Waals surface area contributed by atoms with Crippen LogP contribution in [0.25, 0.3) is 0 Å². The maximum absolute atomic E-state index is 13.6. The average Bonchev–Trinajstić information content (AvgIpc) is 2.89. The number of hydrogen-bond acceptors (Lipinski definition) is 3. The third-order valence-corrected chi connectivity index (χ3v) is 9.52. The zero-order valence-electron chi connectivity index (χ0n) is 18.5. The Balaban J connectivity index is 2.04. The summed E-state index contributed by atoms with van der Waals surface area (Å²) < 4.78 is 5.61. The minimum Gasteiger partial charge on any atom is -0.517 e. The van der Waals surface area contributed by atoms with E-state index in [2.05, 4.69) is 47.9 Å². The van der Waals surface area contributed by atoms with Gasteiger partial charge in [-0.1, -0.05) is 96.8 Å². The summed E-state index contributed by atoms with van der Waals surface area (Å²) in [7, 11) is -2.62. The Morgan fingerprint density at radius 3 is 1.48 bits per heavy atom. The van der Waals surface area contributed by atoms with Crippen LogP contribution in [0.2, 0.25) is 0 Å². The van der Waals surface area contributed by atoms with Crippen molar-refractivity contribution in [2.45, 2.75) is 6.92 Å². The van der Waals surface area contributed by atoms with Crippen LogP contribution in [-0.2, 0) is 9.53 Å². The average molecular weight is 452 g/mol. The zero-order valence-corrected chi connectivity index (χ0v) is 19.4. The van der Waals surface area contributed by atoms with Crippen LogP contribution in [0, 0.1) is 6.20 Å². The molecule has 0 aromatic heterocycles. The molecule has 4 aromatic carbocycles. The number of anilines is 1. The van der Waals surface area contributed by atoms with Gasteiger partial charge in [0.25, 0.3) is 5.97 Å². The van der Waals surface area contributed by atoms with Gasteiger partial charge in [-0.15, -0.1) is 0 Å². The summed E-state index contributed by atoms with van der Waals surface area (Å²) in [5.41, 5.74) is 0.853. The van der Waals surface area contributed by atoms with Gasteiger partial charge in [-0.3, -0.25) is 0 Å². The van der Waals surface area contributed by atoms with Gasteiger partial charge >= 0.3 is 0 Å². The Bertz CT molecular complexity index is 1100. The Morgan fingerprint density at radius 2 is 1.09 bits per heavy atom. The smallest absolute Gasteiger partial charge is 0.269 e. The van der Waals surface area contributed by atoms with E-state index in [0.29, 0.717) is 5.31 Å². The van der Waals surface area contributed by atoms with E-state index in [0.717, 1.165) is 21.6 Å². The maximum atomic E-state index is 13.6. The first-order valence-corrected chi connectivity index (χ1v) is 12.7. The summed E-state index contributed by atoms with van der Waals surface area (Å²) in [4.78, 5) is 13.6. The van der Waals surface area contributed by atoms with Gasteiger partial charge in [-0.2, -0.15) is 0 Å². The third kappa shape index (κ3) is 4.74. The molecule has 0 atom stereocenters. The molecule has 0 saturated heterocycles. The first-order valence-electron chi connectivity index (χ1n) is 10.9. The molecule has 4 heteroatoms. The van der Waals surface area contributed by atoms with Crippen molar-refractivity contribution >= 4 is 34.8 Å². The quantitative estimate of drug-likeness (QED) is 0.130. The van der Waals surface area contributed by atoms with E-state index >= 15 is 0 Å². The molecule has 0 radical (unpaired) electrons. The first-order chi connectivity index (χ1) is 16.3. The monoisotopic (exact) mass is 451 g/mol. The normalized spacial score (nSPS) is 11.6. The van der Waals surface area contributed by atoms with E-state index in [1.807, 2.05) is 91.9 Å². The summed E-state index contributed by atoms with van der Waals surface area (Å²) in [6, 6.07) is 40.4. The zero-order chi connectivity index (χ0) is 22.9. The van der Waals surface area contributed by atoms with E-state index in [1.54, 1.807) is 0 Å². The van der Waals surface area contributed by atoms with E-state index in [9.17, 15) is 4.79 Å². The molecule has 1 N–H and O–H groups in total. The number of benzene rings is 4. The SMILES string of the molecule is CCOC(=O)C(=[C-]Nc1ccccc1)[P+](c1ccccc1)(c1ccccc1)c1ccccc1. The molecular weight excluding hydrogens is 425 g/mol. The molecule has 0 aliphatic carbocycles. The largest absolute Gasteiger partial charge is 0.517 e. The van der Waals surface area contributed by atoms with E-state index in [4.69, 9.17) is 4.74 Å². The number of carbonyl (C=O) groups is 1. The number of carbonyl (C=O) groups excluding carboxylic acids is 1. The third-order valence-electron chi connectivity index (χ3n) is 5.33. The van der Waals surface area contributed by atoms with Gasteiger partial charge in [0.2, 0.25) is 0 Å². The maximum Gasteiger partial charge on any atom is 0.269 e. The molecule has 0 aliphatic rings. The summed E-state index contributed by atoms with van der Waals surface area (Å²) in [6.45, 7) is 2.11.